The van der Waals surface area contributed by atoms with Crippen LogP contribution in [-0.4, -0.2) is 28.8 Å². The Bertz CT molecular complexity index is 833. The number of hydrazone groups is 1. The number of benzene rings is 2. The lowest BCUT2D eigenvalue weighted by atomic mass is 10.1. The largest absolute Gasteiger partial charge is 0.504 e. The van der Waals surface area contributed by atoms with Gasteiger partial charge in [0, 0.05) is 17.2 Å². The monoisotopic (exact) mass is 343 g/mol. The predicted octanol–water partition coefficient (Wildman–Crippen LogP) is 2.77. The molecule has 0 saturated carbocycles. The summed E-state index contributed by atoms with van der Waals surface area (Å²) in [5, 5.41) is 24.3. The van der Waals surface area contributed by atoms with Crippen molar-refractivity contribution in [2.45, 2.75) is 13.8 Å². The van der Waals surface area contributed by atoms with Gasteiger partial charge in [-0.15, -0.1) is 0 Å². The minimum Gasteiger partial charge on any atom is -0.504 e. The van der Waals surface area contributed by atoms with Crippen molar-refractivity contribution in [3.05, 3.63) is 63.2 Å². The second kappa shape index (κ2) is 7.91. The number of nitro groups is 1. The molecule has 25 heavy (non-hydrogen) atoms. The number of phenolic OH excluding ortho intramolecular Hbond substituents is 1. The molecular weight excluding hydrogens is 326 g/mol. The maximum atomic E-state index is 12.0. The summed E-state index contributed by atoms with van der Waals surface area (Å²) < 4.78 is 5.26. The summed E-state index contributed by atoms with van der Waals surface area (Å²) in [6.45, 7) is 3.76. The molecule has 2 N–H and O–H groups in total. The molecule has 130 valence electrons. The lowest BCUT2D eigenvalue weighted by Gasteiger charge is -2.06. The molecule has 2 aromatic carbocycles. The number of rotatable bonds is 6. The Hall–Kier alpha value is -3.42. The van der Waals surface area contributed by atoms with E-state index in [0.29, 0.717) is 23.5 Å². The molecular formula is C17H17N3O5. The van der Waals surface area contributed by atoms with Crippen LogP contribution in [0.1, 0.15) is 28.4 Å². The maximum absolute atomic E-state index is 12.0. The average Bonchev–Trinajstić information content (AvgIpc) is 2.57. The molecule has 2 aromatic rings. The van der Waals surface area contributed by atoms with Gasteiger partial charge in [0.15, 0.2) is 11.5 Å². The summed E-state index contributed by atoms with van der Waals surface area (Å²) in [4.78, 5) is 22.3. The number of phenols is 1. The number of aryl methyl sites for hydroxylation is 1. The van der Waals surface area contributed by atoms with Gasteiger partial charge < -0.3 is 9.84 Å². The van der Waals surface area contributed by atoms with Crippen LogP contribution in [0.25, 0.3) is 0 Å². The molecule has 0 saturated heterocycles. The van der Waals surface area contributed by atoms with Gasteiger partial charge in [0.2, 0.25) is 0 Å². The van der Waals surface area contributed by atoms with Crippen LogP contribution in [0.15, 0.2) is 41.5 Å². The van der Waals surface area contributed by atoms with Crippen molar-refractivity contribution in [3.63, 3.8) is 0 Å². The highest BCUT2D eigenvalue weighted by Crippen LogP contribution is 2.26. The van der Waals surface area contributed by atoms with E-state index in [2.05, 4.69) is 10.5 Å². The quantitative estimate of drug-likeness (QED) is 0.475. The number of hydrogen-bond donors (Lipinski definition) is 2. The number of nitro benzene ring substituents is 1. The summed E-state index contributed by atoms with van der Waals surface area (Å²) in [7, 11) is 0. The molecule has 0 aliphatic carbocycles. The molecule has 0 radical (unpaired) electrons. The molecule has 0 aliphatic rings. The number of aromatic hydroxyl groups is 1. The third-order valence-electron chi connectivity index (χ3n) is 3.32. The summed E-state index contributed by atoms with van der Waals surface area (Å²) in [6.07, 6.45) is 1.40. The number of carbonyl (C=O) groups is 1. The number of ether oxygens (including phenoxy) is 1. The van der Waals surface area contributed by atoms with Crippen molar-refractivity contribution < 1.29 is 19.6 Å². The molecule has 0 bridgehead atoms. The first-order valence-electron chi connectivity index (χ1n) is 7.46. The molecule has 0 spiro atoms. The zero-order chi connectivity index (χ0) is 18.4. The maximum Gasteiger partial charge on any atom is 0.272 e. The standard InChI is InChI=1S/C17H17N3O5/c1-3-25-16-9-12(4-7-15(16)21)10-18-19-17(22)13-5-6-14(20(23)24)11(2)8-13/h4-10,21H,3H2,1-2H3,(H,19,22)/b18-10+. The van der Waals surface area contributed by atoms with E-state index in [4.69, 9.17) is 4.74 Å². The average molecular weight is 343 g/mol. The minimum absolute atomic E-state index is 0.0180. The number of nitrogens with one attached hydrogen (secondary N) is 1. The fourth-order valence-corrected chi connectivity index (χ4v) is 2.11. The normalized spacial score (nSPS) is 10.6. The number of hydrogen-bond acceptors (Lipinski definition) is 6. The second-order valence-electron chi connectivity index (χ2n) is 5.12. The van der Waals surface area contributed by atoms with E-state index >= 15 is 0 Å². The molecule has 2 rings (SSSR count). The fraction of sp³-hybridized carbons (Fsp3) is 0.176. The van der Waals surface area contributed by atoms with Crippen LogP contribution in [0.4, 0.5) is 5.69 Å². The highest BCUT2D eigenvalue weighted by Gasteiger charge is 2.13. The molecule has 0 unspecified atom stereocenters. The van der Waals surface area contributed by atoms with Crippen LogP contribution >= 0.6 is 0 Å². The lowest BCUT2D eigenvalue weighted by molar-refractivity contribution is -0.385. The second-order valence-corrected chi connectivity index (χ2v) is 5.12. The highest BCUT2D eigenvalue weighted by atomic mass is 16.6. The molecule has 0 atom stereocenters. The van der Waals surface area contributed by atoms with Crippen molar-refractivity contribution in [1.82, 2.24) is 5.43 Å². The van der Waals surface area contributed by atoms with E-state index in [-0.39, 0.29) is 17.0 Å². The molecule has 0 heterocycles. The Labute approximate surface area is 143 Å². The molecule has 8 nitrogen and oxygen atoms in total. The van der Waals surface area contributed by atoms with Crippen LogP contribution in [0.2, 0.25) is 0 Å². The van der Waals surface area contributed by atoms with Crippen molar-refractivity contribution >= 4 is 17.8 Å². The topological polar surface area (TPSA) is 114 Å². The first kappa shape index (κ1) is 17.9. The summed E-state index contributed by atoms with van der Waals surface area (Å²) in [5.74, 6) is -0.147. The van der Waals surface area contributed by atoms with E-state index in [1.165, 1.54) is 30.5 Å². The summed E-state index contributed by atoms with van der Waals surface area (Å²) >= 11 is 0. The smallest absolute Gasteiger partial charge is 0.272 e. The van der Waals surface area contributed by atoms with Crippen molar-refractivity contribution in [1.29, 1.82) is 0 Å². The van der Waals surface area contributed by atoms with E-state index in [1.807, 2.05) is 0 Å². The van der Waals surface area contributed by atoms with Crippen molar-refractivity contribution in [2.24, 2.45) is 5.10 Å². The van der Waals surface area contributed by atoms with Gasteiger partial charge in [0.1, 0.15) is 0 Å². The van der Waals surface area contributed by atoms with Crippen LogP contribution < -0.4 is 10.2 Å². The van der Waals surface area contributed by atoms with Crippen LogP contribution in [0, 0.1) is 17.0 Å². The zero-order valence-electron chi connectivity index (χ0n) is 13.7. The highest BCUT2D eigenvalue weighted by molar-refractivity contribution is 5.95. The first-order valence-corrected chi connectivity index (χ1v) is 7.46. The van der Waals surface area contributed by atoms with Gasteiger partial charge in [-0.05, 0) is 49.7 Å². The number of nitrogens with zero attached hydrogens (tertiary/aromatic N) is 2. The Morgan fingerprint density at radius 2 is 2.12 bits per heavy atom. The molecule has 1 amide bonds. The lowest BCUT2D eigenvalue weighted by Crippen LogP contribution is -2.17. The SMILES string of the molecule is CCOc1cc(/C=N/NC(=O)c2ccc([N+](=O)[O-])c(C)c2)ccc1O. The molecule has 0 fully saturated rings. The zero-order valence-corrected chi connectivity index (χ0v) is 13.7. The minimum atomic E-state index is -0.504. The third kappa shape index (κ3) is 4.54. The fourth-order valence-electron chi connectivity index (χ4n) is 2.11. The van der Waals surface area contributed by atoms with E-state index in [0.717, 1.165) is 0 Å². The van der Waals surface area contributed by atoms with Crippen LogP contribution in [0.5, 0.6) is 11.5 Å². The van der Waals surface area contributed by atoms with Crippen LogP contribution in [0.3, 0.4) is 0 Å². The van der Waals surface area contributed by atoms with Gasteiger partial charge in [0.25, 0.3) is 11.6 Å². The van der Waals surface area contributed by atoms with E-state index < -0.39 is 10.8 Å². The van der Waals surface area contributed by atoms with Gasteiger partial charge >= 0.3 is 0 Å². The van der Waals surface area contributed by atoms with Gasteiger partial charge in [-0.2, -0.15) is 5.10 Å². The number of amides is 1. The Kier molecular flexibility index (Phi) is 5.67. The van der Waals surface area contributed by atoms with Gasteiger partial charge in [-0.1, -0.05) is 0 Å². The van der Waals surface area contributed by atoms with Crippen molar-refractivity contribution in [3.8, 4) is 11.5 Å². The van der Waals surface area contributed by atoms with E-state index in [9.17, 15) is 20.0 Å². The summed E-state index contributed by atoms with van der Waals surface area (Å²) in [5.41, 5.74) is 3.58. The summed E-state index contributed by atoms with van der Waals surface area (Å²) in [6, 6.07) is 8.74. The molecule has 0 aromatic heterocycles. The third-order valence-corrected chi connectivity index (χ3v) is 3.32. The van der Waals surface area contributed by atoms with Gasteiger partial charge in [-0.3, -0.25) is 14.9 Å². The number of carbonyl (C=O) groups excluding carboxylic acids is 1. The van der Waals surface area contributed by atoms with E-state index in [1.54, 1.807) is 26.0 Å². The van der Waals surface area contributed by atoms with Gasteiger partial charge in [0.05, 0.1) is 17.7 Å². The molecule has 8 heteroatoms. The molecule has 0 aliphatic heterocycles. The van der Waals surface area contributed by atoms with Crippen molar-refractivity contribution in [2.75, 3.05) is 6.61 Å². The Balaban J connectivity index is 2.07. The van der Waals surface area contributed by atoms with Gasteiger partial charge in [-0.25, -0.2) is 5.43 Å². The Morgan fingerprint density at radius 1 is 1.36 bits per heavy atom. The first-order chi connectivity index (χ1) is 11.9. The Morgan fingerprint density at radius 3 is 2.76 bits per heavy atom. The van der Waals surface area contributed by atoms with Crippen LogP contribution in [-0.2, 0) is 0 Å². The predicted molar refractivity (Wildman–Crippen MR) is 92.2 cm³/mol.